The van der Waals surface area contributed by atoms with Gasteiger partial charge in [0.05, 0.1) is 16.5 Å². The van der Waals surface area contributed by atoms with Crippen molar-refractivity contribution in [2.45, 2.75) is 20.8 Å². The van der Waals surface area contributed by atoms with Crippen LogP contribution >= 0.6 is 12.4 Å². The van der Waals surface area contributed by atoms with Crippen molar-refractivity contribution < 1.29 is 19.4 Å². The number of aryl methyl sites for hydroxylation is 2. The van der Waals surface area contributed by atoms with E-state index in [0.717, 1.165) is 0 Å². The van der Waals surface area contributed by atoms with Gasteiger partial charge in [0.1, 0.15) is 6.33 Å². The molecule has 1 heterocycles. The molecule has 14 nitrogen and oxygen atoms in total. The van der Waals surface area contributed by atoms with Crippen LogP contribution in [0.4, 0.5) is 11.4 Å². The SMILES string of the molecule is CCOC(=N)c1ccc(C)c([N+](=O)[O-])c1.Cc1ccc(-c2ncn[nH]2)cc1[N+](=O)[O-].Cl.NNC=O. The number of hydrogen-bond donors (Lipinski definition) is 4. The molecule has 0 atom stereocenters. The minimum Gasteiger partial charge on any atom is -0.478 e. The number of nitro benzene ring substituents is 2. The third-order valence-corrected chi connectivity index (χ3v) is 4.12. The van der Waals surface area contributed by atoms with E-state index in [1.807, 2.05) is 0 Å². The largest absolute Gasteiger partial charge is 0.478 e. The van der Waals surface area contributed by atoms with Crippen molar-refractivity contribution in [3.05, 3.63) is 79.6 Å². The van der Waals surface area contributed by atoms with Crippen LogP contribution in [0, 0.1) is 39.5 Å². The number of ether oxygens (including phenoxy) is 1. The maximum absolute atomic E-state index is 10.7. The Hall–Kier alpha value is -4.43. The fraction of sp³-hybridized carbons (Fsp3) is 0.200. The summed E-state index contributed by atoms with van der Waals surface area (Å²) < 4.78 is 4.96. The molecule has 5 N–H and O–H groups in total. The Morgan fingerprint density at radius 3 is 2.14 bits per heavy atom. The van der Waals surface area contributed by atoms with Crippen molar-refractivity contribution in [1.29, 1.82) is 5.41 Å². The van der Waals surface area contributed by atoms with Crippen molar-refractivity contribution in [1.82, 2.24) is 20.6 Å². The number of aromatic amines is 1. The molecule has 0 aliphatic rings. The van der Waals surface area contributed by atoms with E-state index in [1.165, 1.54) is 18.5 Å². The molecule has 188 valence electrons. The topological polar surface area (TPSA) is 216 Å². The average Bonchev–Trinajstić information content (AvgIpc) is 3.35. The van der Waals surface area contributed by atoms with Crippen LogP contribution in [0.25, 0.3) is 11.4 Å². The Morgan fingerprint density at radius 1 is 1.14 bits per heavy atom. The maximum atomic E-state index is 10.7. The first-order valence-corrected chi connectivity index (χ1v) is 9.63. The molecule has 0 saturated carbocycles. The molecule has 0 bridgehead atoms. The smallest absolute Gasteiger partial charge is 0.273 e. The molecule has 0 unspecified atom stereocenters. The van der Waals surface area contributed by atoms with Crippen LogP contribution in [-0.4, -0.2) is 43.9 Å². The number of hydrazine groups is 1. The number of benzene rings is 2. The second kappa shape index (κ2) is 15.4. The molecule has 15 heteroatoms. The highest BCUT2D eigenvalue weighted by Gasteiger charge is 2.14. The minimum atomic E-state index is -0.460. The van der Waals surface area contributed by atoms with Gasteiger partial charge in [-0.15, -0.1) is 12.4 Å². The maximum Gasteiger partial charge on any atom is 0.273 e. The quantitative estimate of drug-likeness (QED) is 0.0730. The third kappa shape index (κ3) is 9.53. The van der Waals surface area contributed by atoms with Gasteiger partial charge in [-0.1, -0.05) is 18.2 Å². The van der Waals surface area contributed by atoms with Gasteiger partial charge in [0.2, 0.25) is 12.3 Å². The van der Waals surface area contributed by atoms with Gasteiger partial charge < -0.3 is 4.74 Å². The first-order valence-electron chi connectivity index (χ1n) is 9.63. The minimum absolute atomic E-state index is 0. The van der Waals surface area contributed by atoms with E-state index in [9.17, 15) is 20.2 Å². The Labute approximate surface area is 206 Å². The predicted octanol–water partition coefficient (Wildman–Crippen LogP) is 2.98. The van der Waals surface area contributed by atoms with Crippen molar-refractivity contribution in [2.24, 2.45) is 5.84 Å². The number of nitro groups is 2. The summed E-state index contributed by atoms with van der Waals surface area (Å²) >= 11 is 0. The van der Waals surface area contributed by atoms with E-state index < -0.39 is 9.85 Å². The number of H-pyrrole nitrogens is 1. The van der Waals surface area contributed by atoms with Crippen molar-refractivity contribution in [3.8, 4) is 11.4 Å². The Balaban J connectivity index is 0.000000560. The summed E-state index contributed by atoms with van der Waals surface area (Å²) in [5.41, 5.74) is 4.14. The highest BCUT2D eigenvalue weighted by molar-refractivity contribution is 5.92. The summed E-state index contributed by atoms with van der Waals surface area (Å²) in [6.45, 7) is 5.49. The number of hydrogen-bond acceptors (Lipinski definition) is 10. The number of nitrogens with zero attached hydrogens (tertiary/aromatic N) is 4. The van der Waals surface area contributed by atoms with Gasteiger partial charge in [0.15, 0.2) is 5.82 Å². The normalized spacial score (nSPS) is 9.14. The van der Waals surface area contributed by atoms with Crippen LogP contribution in [0.1, 0.15) is 23.6 Å². The van der Waals surface area contributed by atoms with Crippen LogP contribution in [0.2, 0.25) is 0 Å². The number of carbonyl (C=O) groups is 1. The first kappa shape index (κ1) is 30.6. The lowest BCUT2D eigenvalue weighted by Gasteiger charge is -2.05. The third-order valence-electron chi connectivity index (χ3n) is 4.12. The molecule has 0 radical (unpaired) electrons. The first-order chi connectivity index (χ1) is 16.2. The number of aromatic nitrogens is 3. The zero-order chi connectivity index (χ0) is 25.7. The monoisotopic (exact) mass is 508 g/mol. The molecule has 3 rings (SSSR count). The fourth-order valence-corrected chi connectivity index (χ4v) is 2.47. The number of rotatable bonds is 6. The van der Waals surface area contributed by atoms with Gasteiger partial charge in [0.25, 0.3) is 11.4 Å². The molecule has 0 aliphatic heterocycles. The summed E-state index contributed by atoms with van der Waals surface area (Å²) in [6, 6.07) is 9.54. The van der Waals surface area contributed by atoms with Crippen LogP contribution < -0.4 is 11.3 Å². The molecular weight excluding hydrogens is 484 g/mol. The number of nitrogens with two attached hydrogens (primary N) is 1. The predicted molar refractivity (Wildman–Crippen MR) is 130 cm³/mol. The standard InChI is InChI=1S/C10H12N2O3.C9H8N4O2.CH4N2O.ClH/c1-3-15-10(11)8-5-4-7(2)9(6-8)12(13)14;1-6-2-3-7(4-8(6)13(14)15)9-10-5-11-12-9;2-3-1-4;/h4-6,11H,3H2,1-2H3;2-5H,1H3,(H,10,11,12);1H,2H2,(H,3,4);1H. The highest BCUT2D eigenvalue weighted by Crippen LogP contribution is 2.24. The van der Waals surface area contributed by atoms with E-state index in [-0.39, 0.29) is 29.7 Å². The Morgan fingerprint density at radius 2 is 1.69 bits per heavy atom. The van der Waals surface area contributed by atoms with Gasteiger partial charge in [-0.05, 0) is 26.8 Å². The van der Waals surface area contributed by atoms with Gasteiger partial charge in [0, 0.05) is 34.4 Å². The van der Waals surface area contributed by atoms with E-state index in [1.54, 1.807) is 50.5 Å². The molecule has 1 amide bonds. The molecule has 0 aliphatic carbocycles. The molecule has 1 aromatic heterocycles. The number of halogens is 1. The van der Waals surface area contributed by atoms with Gasteiger partial charge in [-0.3, -0.25) is 41.0 Å². The van der Waals surface area contributed by atoms with E-state index >= 15 is 0 Å². The van der Waals surface area contributed by atoms with Crippen molar-refractivity contribution in [2.75, 3.05) is 6.61 Å². The zero-order valence-electron chi connectivity index (χ0n) is 19.0. The van der Waals surface area contributed by atoms with E-state index in [0.29, 0.717) is 41.1 Å². The molecule has 0 fully saturated rings. The summed E-state index contributed by atoms with van der Waals surface area (Å²) in [6.07, 6.45) is 1.76. The van der Waals surface area contributed by atoms with Crippen molar-refractivity contribution in [3.63, 3.8) is 0 Å². The van der Waals surface area contributed by atoms with Crippen LogP contribution in [-0.2, 0) is 9.53 Å². The lowest BCUT2D eigenvalue weighted by molar-refractivity contribution is -0.385. The summed E-state index contributed by atoms with van der Waals surface area (Å²) in [5.74, 6) is 4.89. The Kier molecular flexibility index (Phi) is 13.5. The summed E-state index contributed by atoms with van der Waals surface area (Å²) in [5, 5.41) is 35.2. The second-order valence-corrected chi connectivity index (χ2v) is 6.40. The molecule has 2 aromatic carbocycles. The number of nitrogens with one attached hydrogen (secondary N) is 3. The van der Waals surface area contributed by atoms with Gasteiger partial charge in [-0.2, -0.15) is 5.10 Å². The fourth-order valence-electron chi connectivity index (χ4n) is 2.47. The zero-order valence-corrected chi connectivity index (χ0v) is 19.9. The lowest BCUT2D eigenvalue weighted by atomic mass is 10.1. The molecule has 0 spiro atoms. The van der Waals surface area contributed by atoms with Crippen LogP contribution in [0.5, 0.6) is 0 Å². The number of carbonyl (C=O) groups excluding carboxylic acids is 1. The van der Waals surface area contributed by atoms with Gasteiger partial charge in [-0.25, -0.2) is 10.8 Å². The lowest BCUT2D eigenvalue weighted by Crippen LogP contribution is -2.18. The van der Waals surface area contributed by atoms with Crippen LogP contribution in [0.3, 0.4) is 0 Å². The summed E-state index contributed by atoms with van der Waals surface area (Å²) in [7, 11) is 0. The van der Waals surface area contributed by atoms with Crippen molar-refractivity contribution >= 4 is 36.1 Å². The highest BCUT2D eigenvalue weighted by atomic mass is 35.5. The number of amides is 1. The average molecular weight is 509 g/mol. The molecule has 35 heavy (non-hydrogen) atoms. The van der Waals surface area contributed by atoms with Gasteiger partial charge >= 0.3 is 0 Å². The molecule has 0 saturated heterocycles. The Bertz CT molecular complexity index is 1140. The summed E-state index contributed by atoms with van der Waals surface area (Å²) in [4.78, 5) is 33.3. The van der Waals surface area contributed by atoms with E-state index in [2.05, 4.69) is 21.0 Å². The second-order valence-electron chi connectivity index (χ2n) is 6.40. The molecular formula is C20H25ClN8O6. The molecule has 3 aromatic rings. The van der Waals surface area contributed by atoms with E-state index in [4.69, 9.17) is 14.9 Å². The van der Waals surface area contributed by atoms with Crippen LogP contribution in [0.15, 0.2) is 42.7 Å².